The van der Waals surface area contributed by atoms with Crippen molar-refractivity contribution in [2.45, 2.75) is 63.2 Å². The number of fused-ring (bicyclic) bond motifs is 3. The molecule has 1 aromatic heterocycles. The zero-order chi connectivity index (χ0) is 20.7. The number of carbonyl (C=O) groups excluding carboxylic acids is 1. The van der Waals surface area contributed by atoms with Gasteiger partial charge in [0.15, 0.2) is 0 Å². The summed E-state index contributed by atoms with van der Waals surface area (Å²) in [7, 11) is 0. The molecule has 7 nitrogen and oxygen atoms in total. The second-order valence-corrected chi connectivity index (χ2v) is 9.54. The van der Waals surface area contributed by atoms with Crippen LogP contribution in [-0.4, -0.2) is 58.9 Å². The van der Waals surface area contributed by atoms with Gasteiger partial charge in [-0.25, -0.2) is 0 Å². The third kappa shape index (κ3) is 3.51. The Morgan fingerprint density at radius 2 is 1.93 bits per heavy atom. The van der Waals surface area contributed by atoms with Gasteiger partial charge in [-0.3, -0.25) is 14.5 Å². The molecule has 1 aromatic rings. The van der Waals surface area contributed by atoms with E-state index in [1.165, 1.54) is 12.8 Å². The zero-order valence-electron chi connectivity index (χ0n) is 17.5. The number of nitrogens with zero attached hydrogens (tertiary/aromatic N) is 2. The van der Waals surface area contributed by atoms with Gasteiger partial charge in [-0.15, -0.1) is 0 Å². The quantitative estimate of drug-likeness (QED) is 0.757. The van der Waals surface area contributed by atoms with Crippen LogP contribution in [0.25, 0.3) is 0 Å². The van der Waals surface area contributed by atoms with E-state index < -0.39 is 0 Å². The molecule has 4 aliphatic rings. The first kappa shape index (κ1) is 20.2. The molecule has 2 saturated heterocycles. The lowest BCUT2D eigenvalue weighted by Gasteiger charge is -2.35. The summed E-state index contributed by atoms with van der Waals surface area (Å²) in [6, 6.07) is 5.39. The molecule has 5 rings (SSSR count). The van der Waals surface area contributed by atoms with Crippen LogP contribution in [0.5, 0.6) is 0 Å². The number of aliphatic hydroxyl groups is 1. The zero-order valence-corrected chi connectivity index (χ0v) is 17.5. The van der Waals surface area contributed by atoms with Gasteiger partial charge < -0.3 is 19.7 Å². The number of hydrogen-bond donors (Lipinski definition) is 2. The van der Waals surface area contributed by atoms with Crippen LogP contribution in [-0.2, 0) is 16.1 Å². The molecule has 0 spiro atoms. The van der Waals surface area contributed by atoms with Gasteiger partial charge in [0.25, 0.3) is 5.56 Å². The predicted molar refractivity (Wildman–Crippen MR) is 112 cm³/mol. The topological polar surface area (TPSA) is 83.8 Å². The number of rotatable bonds is 5. The number of carbonyl (C=O) groups is 1. The second-order valence-electron chi connectivity index (χ2n) is 9.54. The van der Waals surface area contributed by atoms with E-state index >= 15 is 0 Å². The van der Waals surface area contributed by atoms with E-state index in [1.807, 2.05) is 16.7 Å². The number of hydrogen-bond acceptors (Lipinski definition) is 5. The van der Waals surface area contributed by atoms with Gasteiger partial charge in [0.2, 0.25) is 5.91 Å². The molecule has 1 amide bonds. The van der Waals surface area contributed by atoms with Crippen LogP contribution in [0, 0.1) is 17.8 Å². The van der Waals surface area contributed by atoms with E-state index in [0.29, 0.717) is 12.5 Å². The Labute approximate surface area is 177 Å². The van der Waals surface area contributed by atoms with E-state index in [2.05, 4.69) is 10.2 Å². The predicted octanol–water partition coefficient (Wildman–Crippen LogP) is 1.30. The van der Waals surface area contributed by atoms with Crippen LogP contribution in [0.3, 0.4) is 0 Å². The van der Waals surface area contributed by atoms with Gasteiger partial charge in [-0.2, -0.15) is 0 Å². The molecule has 0 unspecified atom stereocenters. The molecular formula is C23H33N3O4. The van der Waals surface area contributed by atoms with Crippen LogP contribution in [0.1, 0.15) is 50.3 Å². The lowest BCUT2D eigenvalue weighted by Crippen LogP contribution is -2.51. The largest absolute Gasteiger partial charge is 0.396 e. The lowest BCUT2D eigenvalue weighted by molar-refractivity contribution is -0.128. The summed E-state index contributed by atoms with van der Waals surface area (Å²) in [5.74, 6) is 0.468. The highest BCUT2D eigenvalue weighted by atomic mass is 16.5. The molecule has 7 heteroatoms. The molecule has 0 bridgehead atoms. The van der Waals surface area contributed by atoms with Crippen molar-refractivity contribution in [3.05, 3.63) is 34.2 Å². The SMILES string of the molecule is O=C(NC1CCCC1)[C@H]1[C@H](CO)[C@H]2Cn3c(cccc3=O)[C@H]2N1CC1CCOCC1. The molecule has 0 aromatic carbocycles. The maximum absolute atomic E-state index is 13.5. The molecule has 30 heavy (non-hydrogen) atoms. The van der Waals surface area contributed by atoms with Crippen molar-refractivity contribution in [1.29, 1.82) is 0 Å². The van der Waals surface area contributed by atoms with E-state index in [1.54, 1.807) is 6.07 Å². The van der Waals surface area contributed by atoms with Crippen molar-refractivity contribution in [2.75, 3.05) is 26.4 Å². The molecule has 3 aliphatic heterocycles. The summed E-state index contributed by atoms with van der Waals surface area (Å²) in [5, 5.41) is 13.6. The maximum atomic E-state index is 13.5. The van der Waals surface area contributed by atoms with Gasteiger partial charge in [-0.05, 0) is 37.7 Å². The Morgan fingerprint density at radius 1 is 1.17 bits per heavy atom. The fourth-order valence-corrected chi connectivity index (χ4v) is 6.35. The second kappa shape index (κ2) is 8.44. The number of ether oxygens (including phenoxy) is 1. The molecule has 4 heterocycles. The number of likely N-dealkylation sites (tertiary alicyclic amines) is 1. The first-order valence-electron chi connectivity index (χ1n) is 11.6. The van der Waals surface area contributed by atoms with E-state index in [-0.39, 0.29) is 48.0 Å². The van der Waals surface area contributed by atoms with E-state index in [9.17, 15) is 14.7 Å². The number of nitrogens with one attached hydrogen (secondary N) is 1. The minimum atomic E-state index is -0.336. The Balaban J connectivity index is 1.47. The Hall–Kier alpha value is -1.70. The third-order valence-corrected chi connectivity index (χ3v) is 7.85. The summed E-state index contributed by atoms with van der Waals surface area (Å²) in [6.07, 6.45) is 6.44. The number of aliphatic hydroxyl groups excluding tert-OH is 1. The number of aromatic nitrogens is 1. The average Bonchev–Trinajstić information content (AvgIpc) is 3.45. The van der Waals surface area contributed by atoms with Gasteiger partial charge in [0.05, 0.1) is 12.1 Å². The highest BCUT2D eigenvalue weighted by Gasteiger charge is 2.55. The van der Waals surface area contributed by atoms with Crippen LogP contribution in [0.4, 0.5) is 0 Å². The molecule has 1 saturated carbocycles. The highest BCUT2D eigenvalue weighted by Crippen LogP contribution is 2.49. The molecule has 164 valence electrons. The third-order valence-electron chi connectivity index (χ3n) is 7.85. The smallest absolute Gasteiger partial charge is 0.250 e. The van der Waals surface area contributed by atoms with Crippen molar-refractivity contribution in [3.8, 4) is 0 Å². The Bertz CT molecular complexity index is 828. The number of pyridine rings is 1. The lowest BCUT2D eigenvalue weighted by atomic mass is 9.88. The fraction of sp³-hybridized carbons (Fsp3) is 0.739. The molecule has 0 radical (unpaired) electrons. The highest BCUT2D eigenvalue weighted by molar-refractivity contribution is 5.83. The van der Waals surface area contributed by atoms with Gasteiger partial charge in [0, 0.05) is 62.5 Å². The molecule has 3 fully saturated rings. The summed E-state index contributed by atoms with van der Waals surface area (Å²) < 4.78 is 7.39. The fourth-order valence-electron chi connectivity index (χ4n) is 6.35. The van der Waals surface area contributed by atoms with Crippen LogP contribution < -0.4 is 10.9 Å². The minimum absolute atomic E-state index is 0.0107. The summed E-state index contributed by atoms with van der Waals surface area (Å²) in [6.45, 7) is 2.90. The van der Waals surface area contributed by atoms with E-state index in [4.69, 9.17) is 4.74 Å². The van der Waals surface area contributed by atoms with Crippen LogP contribution in [0.2, 0.25) is 0 Å². The van der Waals surface area contributed by atoms with Gasteiger partial charge >= 0.3 is 0 Å². The minimum Gasteiger partial charge on any atom is -0.396 e. The average molecular weight is 416 g/mol. The first-order chi connectivity index (χ1) is 14.7. The maximum Gasteiger partial charge on any atom is 0.250 e. The standard InChI is InChI=1S/C23H33N3O4/c27-14-18-17-13-25-19(6-3-7-20(25)28)21(17)26(12-15-8-10-30-11-9-15)22(18)23(29)24-16-4-1-2-5-16/h3,6-7,15-18,21-22,27H,1-2,4-5,8-14H2,(H,24,29)/t17-,18-,21+,22-/m1/s1. The van der Waals surface area contributed by atoms with Gasteiger partial charge in [0.1, 0.15) is 0 Å². The first-order valence-corrected chi connectivity index (χ1v) is 11.6. The monoisotopic (exact) mass is 415 g/mol. The Kier molecular flexibility index (Phi) is 5.69. The molecule has 1 aliphatic carbocycles. The molecule has 2 N–H and O–H groups in total. The normalized spacial score (nSPS) is 32.3. The van der Waals surface area contributed by atoms with Crippen molar-refractivity contribution in [2.24, 2.45) is 17.8 Å². The van der Waals surface area contributed by atoms with E-state index in [0.717, 1.165) is 51.1 Å². The summed E-state index contributed by atoms with van der Waals surface area (Å²) >= 11 is 0. The Morgan fingerprint density at radius 3 is 2.67 bits per heavy atom. The molecule has 4 atom stereocenters. The van der Waals surface area contributed by atoms with Crippen LogP contribution in [0.15, 0.2) is 23.0 Å². The number of amides is 1. The molecular weight excluding hydrogens is 382 g/mol. The van der Waals surface area contributed by atoms with Crippen molar-refractivity contribution >= 4 is 5.91 Å². The summed E-state index contributed by atoms with van der Waals surface area (Å²) in [4.78, 5) is 28.3. The van der Waals surface area contributed by atoms with Crippen molar-refractivity contribution < 1.29 is 14.6 Å². The van der Waals surface area contributed by atoms with Gasteiger partial charge in [-0.1, -0.05) is 18.9 Å². The summed E-state index contributed by atoms with van der Waals surface area (Å²) in [5.41, 5.74) is 1.01. The van der Waals surface area contributed by atoms with Crippen molar-refractivity contribution in [1.82, 2.24) is 14.8 Å². The van der Waals surface area contributed by atoms with Crippen molar-refractivity contribution in [3.63, 3.8) is 0 Å². The van der Waals surface area contributed by atoms with Crippen LogP contribution >= 0.6 is 0 Å².